The molecule has 0 aliphatic heterocycles. The lowest BCUT2D eigenvalue weighted by Crippen LogP contribution is -2.50. The van der Waals surface area contributed by atoms with Gasteiger partial charge in [0.15, 0.2) is 0 Å². The van der Waals surface area contributed by atoms with Crippen molar-refractivity contribution in [3.8, 4) is 0 Å². The Morgan fingerprint density at radius 2 is 2.12 bits per heavy atom. The average Bonchev–Trinajstić information content (AvgIpc) is 2.67. The molecule has 1 aliphatic carbocycles. The number of hydrogen-bond donors (Lipinski definition) is 2. The van der Waals surface area contributed by atoms with Crippen molar-refractivity contribution >= 4 is 5.97 Å². The zero-order chi connectivity index (χ0) is 12.0. The van der Waals surface area contributed by atoms with Crippen LogP contribution in [0, 0.1) is 0 Å². The maximum absolute atomic E-state index is 11.3. The monoisotopic (exact) mass is 229 g/mol. The summed E-state index contributed by atoms with van der Waals surface area (Å²) in [6.07, 6.45) is 4.67. The van der Waals surface area contributed by atoms with Gasteiger partial charge in [0.1, 0.15) is 0 Å². The van der Waals surface area contributed by atoms with Gasteiger partial charge in [-0.3, -0.25) is 4.79 Å². The van der Waals surface area contributed by atoms with Gasteiger partial charge in [-0.25, -0.2) is 0 Å². The quantitative estimate of drug-likeness (QED) is 0.672. The highest BCUT2D eigenvalue weighted by Crippen LogP contribution is 2.29. The van der Waals surface area contributed by atoms with Crippen LogP contribution < -0.4 is 5.32 Å². The molecule has 1 fully saturated rings. The number of carbonyl (C=O) groups is 1. The molecule has 0 amide bonds. The first-order valence-corrected chi connectivity index (χ1v) is 6.16. The second-order valence-corrected chi connectivity index (χ2v) is 4.70. The maximum Gasteiger partial charge on any atom is 0.307 e. The van der Waals surface area contributed by atoms with E-state index in [9.17, 15) is 9.90 Å². The lowest BCUT2D eigenvalue weighted by atomic mass is 9.97. The molecule has 0 bridgehead atoms. The molecule has 1 rings (SSSR count). The standard InChI is InChI=1S/C12H23NO3/c1-3-16-11(15)8-10(2)13-12(9-14)6-4-5-7-12/h10,13-14H,3-9H2,1-2H3. The Kier molecular flexibility index (Phi) is 5.22. The van der Waals surface area contributed by atoms with E-state index in [1.165, 1.54) is 0 Å². The molecular weight excluding hydrogens is 206 g/mol. The van der Waals surface area contributed by atoms with Crippen LogP contribution in [0.1, 0.15) is 46.0 Å². The van der Waals surface area contributed by atoms with Crippen LogP contribution in [-0.2, 0) is 9.53 Å². The van der Waals surface area contributed by atoms with Gasteiger partial charge in [-0.05, 0) is 26.7 Å². The van der Waals surface area contributed by atoms with Crippen LogP contribution in [-0.4, -0.2) is 35.9 Å². The minimum Gasteiger partial charge on any atom is -0.466 e. The second-order valence-electron chi connectivity index (χ2n) is 4.70. The van der Waals surface area contributed by atoms with E-state index in [2.05, 4.69) is 5.32 Å². The summed E-state index contributed by atoms with van der Waals surface area (Å²) in [4.78, 5) is 11.3. The fraction of sp³-hybridized carbons (Fsp3) is 0.917. The third kappa shape index (κ3) is 3.76. The first kappa shape index (κ1) is 13.5. The van der Waals surface area contributed by atoms with Gasteiger partial charge in [0.05, 0.1) is 19.6 Å². The van der Waals surface area contributed by atoms with Gasteiger partial charge in [-0.1, -0.05) is 12.8 Å². The molecule has 4 nitrogen and oxygen atoms in total. The number of carbonyl (C=O) groups excluding carboxylic acids is 1. The lowest BCUT2D eigenvalue weighted by molar-refractivity contribution is -0.143. The number of hydrogen-bond acceptors (Lipinski definition) is 4. The highest BCUT2D eigenvalue weighted by atomic mass is 16.5. The fourth-order valence-electron chi connectivity index (χ4n) is 2.44. The van der Waals surface area contributed by atoms with E-state index in [1.54, 1.807) is 0 Å². The predicted octanol–water partition coefficient (Wildman–Crippen LogP) is 1.22. The maximum atomic E-state index is 11.3. The second kappa shape index (κ2) is 6.21. The van der Waals surface area contributed by atoms with Gasteiger partial charge in [-0.15, -0.1) is 0 Å². The molecule has 0 aromatic carbocycles. The van der Waals surface area contributed by atoms with Crippen molar-refractivity contribution in [2.75, 3.05) is 13.2 Å². The minimum absolute atomic E-state index is 0.0595. The summed E-state index contributed by atoms with van der Waals surface area (Å²) in [5.74, 6) is -0.173. The fourth-order valence-corrected chi connectivity index (χ4v) is 2.44. The van der Waals surface area contributed by atoms with Crippen molar-refractivity contribution in [2.45, 2.75) is 57.5 Å². The van der Waals surface area contributed by atoms with E-state index in [4.69, 9.17) is 4.74 Å². The van der Waals surface area contributed by atoms with Crippen LogP contribution in [0.4, 0.5) is 0 Å². The van der Waals surface area contributed by atoms with E-state index < -0.39 is 0 Å². The van der Waals surface area contributed by atoms with Crippen molar-refractivity contribution in [1.29, 1.82) is 0 Å². The molecule has 16 heavy (non-hydrogen) atoms. The summed E-state index contributed by atoms with van der Waals surface area (Å²) in [5.41, 5.74) is -0.161. The summed E-state index contributed by atoms with van der Waals surface area (Å²) in [6.45, 7) is 4.35. The van der Waals surface area contributed by atoms with Crippen LogP contribution in [0.15, 0.2) is 0 Å². The molecule has 0 aromatic rings. The zero-order valence-electron chi connectivity index (χ0n) is 10.3. The van der Waals surface area contributed by atoms with Gasteiger partial charge < -0.3 is 15.2 Å². The average molecular weight is 229 g/mol. The Labute approximate surface area is 97.4 Å². The van der Waals surface area contributed by atoms with E-state index in [0.717, 1.165) is 25.7 Å². The van der Waals surface area contributed by atoms with Gasteiger partial charge >= 0.3 is 5.97 Å². The number of nitrogens with one attached hydrogen (secondary N) is 1. The molecule has 0 radical (unpaired) electrons. The number of esters is 1. The van der Waals surface area contributed by atoms with Crippen molar-refractivity contribution in [3.05, 3.63) is 0 Å². The van der Waals surface area contributed by atoms with Gasteiger partial charge in [-0.2, -0.15) is 0 Å². The van der Waals surface area contributed by atoms with E-state index in [0.29, 0.717) is 13.0 Å². The summed E-state index contributed by atoms with van der Waals surface area (Å²) in [5, 5.41) is 12.8. The number of aliphatic hydroxyl groups is 1. The van der Waals surface area contributed by atoms with E-state index in [-0.39, 0.29) is 24.2 Å². The number of aliphatic hydroxyl groups excluding tert-OH is 1. The first-order chi connectivity index (χ1) is 7.62. The SMILES string of the molecule is CCOC(=O)CC(C)NC1(CO)CCCC1. The summed E-state index contributed by atoms with van der Waals surface area (Å²) in [7, 11) is 0. The zero-order valence-corrected chi connectivity index (χ0v) is 10.3. The summed E-state index contributed by atoms with van der Waals surface area (Å²) < 4.78 is 4.90. The molecule has 1 atom stereocenters. The molecule has 94 valence electrons. The molecule has 4 heteroatoms. The summed E-state index contributed by atoms with van der Waals surface area (Å²) >= 11 is 0. The number of rotatable bonds is 6. The normalized spacial score (nSPS) is 20.7. The molecule has 0 saturated heterocycles. The van der Waals surface area contributed by atoms with E-state index in [1.807, 2.05) is 13.8 Å². The highest BCUT2D eigenvalue weighted by Gasteiger charge is 2.34. The third-order valence-corrected chi connectivity index (χ3v) is 3.19. The van der Waals surface area contributed by atoms with Crippen LogP contribution in [0.3, 0.4) is 0 Å². The Balaban J connectivity index is 2.37. The molecule has 2 N–H and O–H groups in total. The molecule has 0 heterocycles. The van der Waals surface area contributed by atoms with Crippen molar-refractivity contribution in [3.63, 3.8) is 0 Å². The Morgan fingerprint density at radius 3 is 2.62 bits per heavy atom. The largest absolute Gasteiger partial charge is 0.466 e. The topological polar surface area (TPSA) is 58.6 Å². The first-order valence-electron chi connectivity index (χ1n) is 6.16. The van der Waals surface area contributed by atoms with Crippen LogP contribution in [0.5, 0.6) is 0 Å². The van der Waals surface area contributed by atoms with Gasteiger partial charge in [0.2, 0.25) is 0 Å². The van der Waals surface area contributed by atoms with Crippen molar-refractivity contribution in [1.82, 2.24) is 5.32 Å². The molecule has 1 aliphatic rings. The Morgan fingerprint density at radius 1 is 1.50 bits per heavy atom. The van der Waals surface area contributed by atoms with Crippen LogP contribution in [0.2, 0.25) is 0 Å². The van der Waals surface area contributed by atoms with Crippen molar-refractivity contribution in [2.24, 2.45) is 0 Å². The third-order valence-electron chi connectivity index (χ3n) is 3.19. The van der Waals surface area contributed by atoms with Crippen LogP contribution >= 0.6 is 0 Å². The predicted molar refractivity (Wildman–Crippen MR) is 62.1 cm³/mol. The molecular formula is C12H23NO3. The summed E-state index contributed by atoms with van der Waals surface area (Å²) in [6, 6.07) is 0.0595. The van der Waals surface area contributed by atoms with Gasteiger partial charge in [0, 0.05) is 11.6 Å². The smallest absolute Gasteiger partial charge is 0.307 e. The molecule has 0 aromatic heterocycles. The van der Waals surface area contributed by atoms with Crippen LogP contribution in [0.25, 0.3) is 0 Å². The number of ether oxygens (including phenoxy) is 1. The van der Waals surface area contributed by atoms with Crippen molar-refractivity contribution < 1.29 is 14.6 Å². The highest BCUT2D eigenvalue weighted by molar-refractivity contribution is 5.70. The molecule has 1 saturated carbocycles. The van der Waals surface area contributed by atoms with Gasteiger partial charge in [0.25, 0.3) is 0 Å². The lowest BCUT2D eigenvalue weighted by Gasteiger charge is -2.31. The Hall–Kier alpha value is -0.610. The molecule has 1 unspecified atom stereocenters. The Bertz CT molecular complexity index is 224. The van der Waals surface area contributed by atoms with E-state index >= 15 is 0 Å². The molecule has 0 spiro atoms. The minimum atomic E-state index is -0.173.